The highest BCUT2D eigenvalue weighted by atomic mass is 32.2. The lowest BCUT2D eigenvalue weighted by molar-refractivity contribution is 0.116. The predicted molar refractivity (Wildman–Crippen MR) is 83.5 cm³/mol. The van der Waals surface area contributed by atoms with Crippen LogP contribution in [0.15, 0.2) is 53.3 Å². The Morgan fingerprint density at radius 2 is 1.84 bits per heavy atom. The van der Waals surface area contributed by atoms with Crippen molar-refractivity contribution >= 4 is 10.0 Å². The van der Waals surface area contributed by atoms with E-state index in [1.54, 1.807) is 24.3 Å². The molecule has 0 saturated heterocycles. The fourth-order valence-electron chi connectivity index (χ4n) is 1.64. The molecule has 2 heterocycles. The van der Waals surface area contributed by atoms with Gasteiger partial charge in [0.15, 0.2) is 0 Å². The maximum absolute atomic E-state index is 12.1. The minimum absolute atomic E-state index is 0.0617. The molecule has 0 saturated carbocycles. The molecule has 11 heteroatoms. The van der Waals surface area contributed by atoms with E-state index in [1.807, 2.05) is 6.07 Å². The number of rotatable bonds is 4. The maximum atomic E-state index is 12.1. The third-order valence-corrected chi connectivity index (χ3v) is 3.36. The Balaban J connectivity index is 0.000000186. The Labute approximate surface area is 141 Å². The van der Waals surface area contributed by atoms with Gasteiger partial charge in [0.2, 0.25) is 10.0 Å². The van der Waals surface area contributed by atoms with E-state index in [4.69, 9.17) is 5.14 Å². The molecule has 132 valence electrons. The Morgan fingerprint density at radius 3 is 2.36 bits per heavy atom. The van der Waals surface area contributed by atoms with E-state index in [-0.39, 0.29) is 17.3 Å². The van der Waals surface area contributed by atoms with Crippen LogP contribution in [-0.4, -0.2) is 28.6 Å². The predicted octanol–water partition coefficient (Wildman–Crippen LogP) is 1.94. The van der Waals surface area contributed by atoms with Crippen LogP contribution >= 0.6 is 0 Å². The van der Waals surface area contributed by atoms with E-state index >= 15 is 0 Å². The molecule has 3 rings (SSSR count). The normalized spacial score (nSPS) is 11.0. The van der Waals surface area contributed by atoms with Gasteiger partial charge in [0.1, 0.15) is 5.69 Å². The lowest BCUT2D eigenvalue weighted by Crippen LogP contribution is -2.14. The standard InChI is InChI=1S/C7H4F2N4O.C7H9NO2S/c8-5(9)7-13-12-6(14-7)4-3-10-1-2-11-4;8-11(9,10)6-7-4-2-1-3-5-7/h1-3,5H;1-5H,6H2,(H2,8,9,10). The Kier molecular flexibility index (Phi) is 6.19. The van der Waals surface area contributed by atoms with Crippen molar-refractivity contribution in [3.8, 4) is 11.6 Å². The average molecular weight is 369 g/mol. The molecule has 0 radical (unpaired) electrons. The smallest absolute Gasteiger partial charge is 0.314 e. The topological polar surface area (TPSA) is 125 Å². The van der Waals surface area contributed by atoms with Crippen LogP contribution in [0, 0.1) is 0 Å². The second kappa shape index (κ2) is 8.35. The molecule has 3 aromatic rings. The zero-order chi connectivity index (χ0) is 18.3. The molecule has 8 nitrogen and oxygen atoms in total. The van der Waals surface area contributed by atoms with Gasteiger partial charge in [-0.15, -0.1) is 10.2 Å². The molecule has 0 bridgehead atoms. The SMILES string of the molecule is FC(F)c1nnc(-c2cnccn2)o1.NS(=O)(=O)Cc1ccccc1. The molecule has 0 aliphatic rings. The van der Waals surface area contributed by atoms with Crippen LogP contribution in [0.25, 0.3) is 11.6 Å². The molecule has 25 heavy (non-hydrogen) atoms. The number of nitrogens with two attached hydrogens (primary N) is 1. The van der Waals surface area contributed by atoms with Gasteiger partial charge in [-0.2, -0.15) is 8.78 Å². The Hall–Kier alpha value is -2.79. The molecule has 0 atom stereocenters. The summed E-state index contributed by atoms with van der Waals surface area (Å²) in [5.74, 6) is -0.868. The first kappa shape index (κ1) is 18.5. The zero-order valence-corrected chi connectivity index (χ0v) is 13.5. The zero-order valence-electron chi connectivity index (χ0n) is 12.7. The molecular weight excluding hydrogens is 356 g/mol. The molecule has 0 unspecified atom stereocenters. The molecule has 0 spiro atoms. The fourth-order valence-corrected chi connectivity index (χ4v) is 2.30. The summed E-state index contributed by atoms with van der Waals surface area (Å²) >= 11 is 0. The van der Waals surface area contributed by atoms with E-state index < -0.39 is 22.3 Å². The van der Waals surface area contributed by atoms with Crippen molar-refractivity contribution in [2.75, 3.05) is 0 Å². The molecular formula is C14H13F2N5O3S. The number of nitrogens with zero attached hydrogens (tertiary/aromatic N) is 4. The van der Waals surface area contributed by atoms with Gasteiger partial charge in [0.25, 0.3) is 11.8 Å². The van der Waals surface area contributed by atoms with Gasteiger partial charge in [0.05, 0.1) is 11.9 Å². The second-order valence-electron chi connectivity index (χ2n) is 4.63. The lowest BCUT2D eigenvalue weighted by Gasteiger charge is -1.96. The average Bonchev–Trinajstić information content (AvgIpc) is 3.06. The first-order valence-corrected chi connectivity index (χ1v) is 8.49. The van der Waals surface area contributed by atoms with Gasteiger partial charge < -0.3 is 4.42 Å². The third-order valence-electron chi connectivity index (χ3n) is 2.62. The van der Waals surface area contributed by atoms with E-state index in [2.05, 4.69) is 24.6 Å². The number of alkyl halides is 2. The minimum atomic E-state index is -3.38. The van der Waals surface area contributed by atoms with Crippen molar-refractivity contribution in [2.24, 2.45) is 5.14 Å². The highest BCUT2D eigenvalue weighted by Crippen LogP contribution is 2.20. The summed E-state index contributed by atoms with van der Waals surface area (Å²) in [6, 6.07) is 8.84. The summed E-state index contributed by atoms with van der Waals surface area (Å²) in [5, 5.41) is 11.4. The van der Waals surface area contributed by atoms with Crippen LogP contribution in [0.1, 0.15) is 17.9 Å². The number of sulfonamides is 1. The van der Waals surface area contributed by atoms with Crippen molar-refractivity contribution in [3.05, 3.63) is 60.4 Å². The molecule has 0 amide bonds. The molecule has 0 aliphatic carbocycles. The van der Waals surface area contributed by atoms with Crippen molar-refractivity contribution in [1.82, 2.24) is 20.2 Å². The monoisotopic (exact) mass is 369 g/mol. The van der Waals surface area contributed by atoms with Crippen LogP contribution < -0.4 is 5.14 Å². The number of hydrogen-bond donors (Lipinski definition) is 1. The summed E-state index contributed by atoms with van der Waals surface area (Å²) in [4.78, 5) is 7.56. The fraction of sp³-hybridized carbons (Fsp3) is 0.143. The van der Waals surface area contributed by atoms with Crippen molar-refractivity contribution in [1.29, 1.82) is 0 Å². The second-order valence-corrected chi connectivity index (χ2v) is 6.24. The quantitative estimate of drug-likeness (QED) is 0.745. The van der Waals surface area contributed by atoms with E-state index in [1.165, 1.54) is 18.6 Å². The van der Waals surface area contributed by atoms with E-state index in [0.717, 1.165) is 5.56 Å². The summed E-state index contributed by atoms with van der Waals surface area (Å²) in [6.45, 7) is 0. The lowest BCUT2D eigenvalue weighted by atomic mass is 10.2. The highest BCUT2D eigenvalue weighted by Gasteiger charge is 2.17. The van der Waals surface area contributed by atoms with Gasteiger partial charge in [-0.3, -0.25) is 4.98 Å². The summed E-state index contributed by atoms with van der Waals surface area (Å²) in [6.07, 6.45) is 1.44. The molecule has 2 aromatic heterocycles. The maximum Gasteiger partial charge on any atom is 0.314 e. The van der Waals surface area contributed by atoms with Crippen LogP contribution in [0.2, 0.25) is 0 Å². The summed E-state index contributed by atoms with van der Waals surface area (Å²) in [5.41, 5.74) is 0.988. The van der Waals surface area contributed by atoms with Crippen LogP contribution in [0.4, 0.5) is 8.78 Å². The number of halogens is 2. The van der Waals surface area contributed by atoms with Crippen LogP contribution in [-0.2, 0) is 15.8 Å². The number of aromatic nitrogens is 4. The summed E-state index contributed by atoms with van der Waals surface area (Å²) in [7, 11) is -3.38. The third kappa shape index (κ3) is 6.31. The first-order chi connectivity index (χ1) is 11.8. The number of hydrogen-bond acceptors (Lipinski definition) is 7. The minimum Gasteiger partial charge on any atom is -0.414 e. The Bertz CT molecular complexity index is 889. The van der Waals surface area contributed by atoms with Crippen LogP contribution in [0.5, 0.6) is 0 Å². The largest absolute Gasteiger partial charge is 0.414 e. The van der Waals surface area contributed by atoms with Crippen molar-refractivity contribution < 1.29 is 21.6 Å². The number of benzene rings is 1. The van der Waals surface area contributed by atoms with E-state index in [0.29, 0.717) is 0 Å². The van der Waals surface area contributed by atoms with Gasteiger partial charge in [-0.05, 0) is 5.56 Å². The summed E-state index contributed by atoms with van der Waals surface area (Å²) < 4.78 is 49.9. The van der Waals surface area contributed by atoms with Gasteiger partial charge >= 0.3 is 6.43 Å². The van der Waals surface area contributed by atoms with Crippen LogP contribution in [0.3, 0.4) is 0 Å². The van der Waals surface area contributed by atoms with Gasteiger partial charge in [0, 0.05) is 12.4 Å². The van der Waals surface area contributed by atoms with Crippen molar-refractivity contribution in [2.45, 2.75) is 12.2 Å². The molecule has 2 N–H and O–H groups in total. The molecule has 0 fully saturated rings. The van der Waals surface area contributed by atoms with Gasteiger partial charge in [-0.1, -0.05) is 30.3 Å². The van der Waals surface area contributed by atoms with Crippen molar-refractivity contribution in [3.63, 3.8) is 0 Å². The van der Waals surface area contributed by atoms with Gasteiger partial charge in [-0.25, -0.2) is 18.5 Å². The molecule has 0 aliphatic heterocycles. The van der Waals surface area contributed by atoms with E-state index in [9.17, 15) is 17.2 Å². The molecule has 1 aromatic carbocycles. The Morgan fingerprint density at radius 1 is 1.12 bits per heavy atom. The number of primary sulfonamides is 1. The highest BCUT2D eigenvalue weighted by molar-refractivity contribution is 7.88. The first-order valence-electron chi connectivity index (χ1n) is 6.77.